The van der Waals surface area contributed by atoms with Gasteiger partial charge in [-0.1, -0.05) is 12.1 Å². The van der Waals surface area contributed by atoms with E-state index in [2.05, 4.69) is 25.7 Å². The number of rotatable bonds is 3. The van der Waals surface area contributed by atoms with Gasteiger partial charge >= 0.3 is 5.69 Å². The molecule has 0 bridgehead atoms. The summed E-state index contributed by atoms with van der Waals surface area (Å²) in [7, 11) is 0. The monoisotopic (exact) mass is 245 g/mol. The third-order valence-electron chi connectivity index (χ3n) is 2.19. The van der Waals surface area contributed by atoms with E-state index in [1.807, 2.05) is 0 Å². The number of nitrogens with zero attached hydrogens (tertiary/aromatic N) is 3. The summed E-state index contributed by atoms with van der Waals surface area (Å²) in [5.74, 6) is 0.391. The van der Waals surface area contributed by atoms with Crippen LogP contribution < -0.4 is 11.1 Å². The SMILES string of the molecule is Cc1n[nH]c(=O)nc1NN=Cc1ccccc1O. The van der Waals surface area contributed by atoms with E-state index >= 15 is 0 Å². The van der Waals surface area contributed by atoms with Crippen LogP contribution in [0.3, 0.4) is 0 Å². The molecule has 7 heteroatoms. The summed E-state index contributed by atoms with van der Waals surface area (Å²) in [4.78, 5) is 14.6. The van der Waals surface area contributed by atoms with Crippen LogP contribution in [0.15, 0.2) is 34.2 Å². The van der Waals surface area contributed by atoms with Crippen LogP contribution in [0.1, 0.15) is 11.3 Å². The fourth-order valence-corrected chi connectivity index (χ4v) is 1.26. The van der Waals surface area contributed by atoms with Crippen molar-refractivity contribution in [2.45, 2.75) is 6.92 Å². The number of aromatic hydroxyl groups is 1. The van der Waals surface area contributed by atoms with Crippen molar-refractivity contribution in [2.24, 2.45) is 5.10 Å². The van der Waals surface area contributed by atoms with Gasteiger partial charge < -0.3 is 5.11 Å². The predicted octanol–water partition coefficient (Wildman–Crippen LogP) is 0.625. The smallest absolute Gasteiger partial charge is 0.363 e. The molecule has 0 aliphatic heterocycles. The van der Waals surface area contributed by atoms with E-state index in [-0.39, 0.29) is 11.6 Å². The van der Waals surface area contributed by atoms with Gasteiger partial charge in [0.2, 0.25) is 0 Å². The van der Waals surface area contributed by atoms with Crippen LogP contribution in [0.5, 0.6) is 5.75 Å². The van der Waals surface area contributed by atoms with Crippen molar-refractivity contribution < 1.29 is 5.11 Å². The lowest BCUT2D eigenvalue weighted by Crippen LogP contribution is -2.15. The zero-order valence-electron chi connectivity index (χ0n) is 9.58. The molecule has 1 aromatic heterocycles. The molecule has 0 spiro atoms. The predicted molar refractivity (Wildman–Crippen MR) is 66.7 cm³/mol. The van der Waals surface area contributed by atoms with E-state index < -0.39 is 5.69 Å². The number of benzene rings is 1. The van der Waals surface area contributed by atoms with Gasteiger partial charge in [-0.25, -0.2) is 9.89 Å². The molecular formula is C11H11N5O2. The minimum Gasteiger partial charge on any atom is -0.507 e. The first kappa shape index (κ1) is 11.8. The number of anilines is 1. The third-order valence-corrected chi connectivity index (χ3v) is 2.19. The quantitative estimate of drug-likeness (QED) is 0.543. The van der Waals surface area contributed by atoms with Gasteiger partial charge in [-0.2, -0.15) is 15.2 Å². The number of aromatic nitrogens is 3. The Morgan fingerprint density at radius 3 is 3.00 bits per heavy atom. The number of phenols is 1. The van der Waals surface area contributed by atoms with E-state index in [0.717, 1.165) is 0 Å². The second-order valence-corrected chi connectivity index (χ2v) is 3.50. The standard InChI is InChI=1S/C11H11N5O2/c1-7-10(13-11(18)16-14-7)15-12-6-8-4-2-3-5-9(8)17/h2-6,17H,1H3,(H2,13,15,16,18). The van der Waals surface area contributed by atoms with Crippen LogP contribution in [0.4, 0.5) is 5.82 Å². The zero-order chi connectivity index (χ0) is 13.0. The Bertz CT molecular complexity index is 635. The van der Waals surface area contributed by atoms with Gasteiger partial charge in [0.1, 0.15) is 11.4 Å². The van der Waals surface area contributed by atoms with Crippen molar-refractivity contribution in [2.75, 3.05) is 5.43 Å². The fraction of sp³-hybridized carbons (Fsp3) is 0.0909. The van der Waals surface area contributed by atoms with Crippen LogP contribution >= 0.6 is 0 Å². The summed E-state index contributed by atoms with van der Waals surface area (Å²) >= 11 is 0. The first-order valence-corrected chi connectivity index (χ1v) is 5.17. The maximum absolute atomic E-state index is 11.0. The Labute approximate surface area is 102 Å². The van der Waals surface area contributed by atoms with E-state index in [4.69, 9.17) is 0 Å². The Hall–Kier alpha value is -2.70. The van der Waals surface area contributed by atoms with Crippen LogP contribution in [-0.4, -0.2) is 26.5 Å². The summed E-state index contributed by atoms with van der Waals surface area (Å²) in [6.45, 7) is 1.68. The summed E-state index contributed by atoms with van der Waals surface area (Å²) in [6, 6.07) is 6.75. The molecule has 18 heavy (non-hydrogen) atoms. The van der Waals surface area contributed by atoms with E-state index in [1.54, 1.807) is 31.2 Å². The Kier molecular flexibility index (Phi) is 3.33. The number of hydrogen-bond donors (Lipinski definition) is 3. The maximum Gasteiger partial charge on any atom is 0.363 e. The van der Waals surface area contributed by atoms with Gasteiger partial charge in [-0.15, -0.1) is 0 Å². The second-order valence-electron chi connectivity index (χ2n) is 3.50. The van der Waals surface area contributed by atoms with Crippen molar-refractivity contribution in [1.82, 2.24) is 15.2 Å². The molecule has 92 valence electrons. The van der Waals surface area contributed by atoms with Crippen LogP contribution in [0.25, 0.3) is 0 Å². The molecule has 7 nitrogen and oxygen atoms in total. The van der Waals surface area contributed by atoms with Crippen molar-refractivity contribution in [3.8, 4) is 5.75 Å². The normalized spacial score (nSPS) is 10.7. The third kappa shape index (κ3) is 2.70. The fourth-order valence-electron chi connectivity index (χ4n) is 1.26. The average Bonchev–Trinajstić information content (AvgIpc) is 2.36. The highest BCUT2D eigenvalue weighted by molar-refractivity contribution is 5.83. The average molecular weight is 245 g/mol. The first-order chi connectivity index (χ1) is 8.66. The Morgan fingerprint density at radius 1 is 1.44 bits per heavy atom. The largest absolute Gasteiger partial charge is 0.507 e. The van der Waals surface area contributed by atoms with Crippen molar-refractivity contribution in [3.63, 3.8) is 0 Å². The first-order valence-electron chi connectivity index (χ1n) is 5.17. The number of aromatic amines is 1. The lowest BCUT2D eigenvalue weighted by Gasteiger charge is -2.01. The molecule has 1 heterocycles. The van der Waals surface area contributed by atoms with Gasteiger partial charge in [0, 0.05) is 5.56 Å². The maximum atomic E-state index is 11.0. The van der Waals surface area contributed by atoms with Gasteiger partial charge in [0.25, 0.3) is 0 Å². The molecule has 0 fully saturated rings. The Balaban J connectivity index is 2.15. The number of para-hydroxylation sites is 1. The number of H-pyrrole nitrogens is 1. The molecule has 0 saturated carbocycles. The molecule has 2 aromatic rings. The summed E-state index contributed by atoms with van der Waals surface area (Å²) in [6.07, 6.45) is 1.43. The number of hydrazone groups is 1. The summed E-state index contributed by atoms with van der Waals surface area (Å²) in [5, 5.41) is 19.3. The van der Waals surface area contributed by atoms with Gasteiger partial charge in [-0.3, -0.25) is 5.43 Å². The van der Waals surface area contributed by atoms with Crippen molar-refractivity contribution in [1.29, 1.82) is 0 Å². The molecule has 0 amide bonds. The molecule has 0 atom stereocenters. The lowest BCUT2D eigenvalue weighted by molar-refractivity contribution is 0.474. The molecular weight excluding hydrogens is 234 g/mol. The minimum absolute atomic E-state index is 0.122. The lowest BCUT2D eigenvalue weighted by atomic mass is 10.2. The molecule has 0 saturated heterocycles. The molecule has 1 aromatic carbocycles. The number of phenolic OH excluding ortho intramolecular Hbond substituents is 1. The van der Waals surface area contributed by atoms with Gasteiger partial charge in [0.15, 0.2) is 5.82 Å². The highest BCUT2D eigenvalue weighted by atomic mass is 16.3. The minimum atomic E-state index is -0.555. The summed E-state index contributed by atoms with van der Waals surface area (Å²) in [5.41, 5.74) is 3.11. The Morgan fingerprint density at radius 2 is 2.22 bits per heavy atom. The van der Waals surface area contributed by atoms with Crippen molar-refractivity contribution in [3.05, 3.63) is 46.0 Å². The highest BCUT2D eigenvalue weighted by Gasteiger charge is 2.00. The highest BCUT2D eigenvalue weighted by Crippen LogP contribution is 2.12. The number of aryl methyl sites for hydroxylation is 1. The van der Waals surface area contributed by atoms with Crippen LogP contribution in [0, 0.1) is 6.92 Å². The molecule has 0 unspecified atom stereocenters. The summed E-state index contributed by atoms with van der Waals surface area (Å²) < 4.78 is 0. The molecule has 2 rings (SSSR count). The second kappa shape index (κ2) is 5.09. The van der Waals surface area contributed by atoms with Gasteiger partial charge in [-0.05, 0) is 19.1 Å². The molecule has 3 N–H and O–H groups in total. The van der Waals surface area contributed by atoms with Crippen LogP contribution in [0.2, 0.25) is 0 Å². The van der Waals surface area contributed by atoms with Crippen LogP contribution in [-0.2, 0) is 0 Å². The van der Waals surface area contributed by atoms with Crippen molar-refractivity contribution >= 4 is 12.0 Å². The van der Waals surface area contributed by atoms with E-state index in [9.17, 15) is 9.90 Å². The van der Waals surface area contributed by atoms with E-state index in [0.29, 0.717) is 11.3 Å². The zero-order valence-corrected chi connectivity index (χ0v) is 9.58. The number of nitrogens with one attached hydrogen (secondary N) is 2. The topological polar surface area (TPSA) is 103 Å². The van der Waals surface area contributed by atoms with Gasteiger partial charge in [0.05, 0.1) is 6.21 Å². The number of hydrogen-bond acceptors (Lipinski definition) is 6. The molecule has 0 aliphatic carbocycles. The molecule has 0 aliphatic rings. The van der Waals surface area contributed by atoms with E-state index in [1.165, 1.54) is 6.21 Å². The molecule has 0 radical (unpaired) electrons.